The Bertz CT molecular complexity index is 1190. The number of furan rings is 1. The summed E-state index contributed by atoms with van der Waals surface area (Å²) in [5, 5.41) is 4.34. The second-order valence-electron chi connectivity index (χ2n) is 7.84. The molecule has 0 fully saturated rings. The zero-order chi connectivity index (χ0) is 23.6. The van der Waals surface area contributed by atoms with Crippen molar-refractivity contribution in [2.75, 3.05) is 5.43 Å². The lowest BCUT2D eigenvalue weighted by atomic mass is 9.93. The summed E-state index contributed by atoms with van der Waals surface area (Å²) in [6.07, 6.45) is -1.56. The first-order chi connectivity index (χ1) is 15.8. The molecule has 4 rings (SSSR count). The van der Waals surface area contributed by atoms with E-state index in [-0.39, 0.29) is 11.4 Å². The second-order valence-corrected chi connectivity index (χ2v) is 7.84. The maximum Gasteiger partial charge on any atom is 0.416 e. The lowest BCUT2D eigenvalue weighted by Crippen LogP contribution is -2.14. The van der Waals surface area contributed by atoms with Gasteiger partial charge in [-0.25, -0.2) is 4.79 Å². The molecule has 2 aromatic carbocycles. The van der Waals surface area contributed by atoms with Crippen molar-refractivity contribution in [1.82, 2.24) is 0 Å². The van der Waals surface area contributed by atoms with E-state index in [2.05, 4.69) is 10.5 Å². The molecular weight excluding hydrogens is 433 g/mol. The number of carbonyl (C=O) groups excluding carboxylic acids is 1. The Morgan fingerprint density at radius 2 is 1.91 bits per heavy atom. The monoisotopic (exact) mass is 456 g/mol. The summed E-state index contributed by atoms with van der Waals surface area (Å²) < 4.78 is 50.2. The Balaban J connectivity index is 1.56. The molecule has 3 aromatic rings. The van der Waals surface area contributed by atoms with Crippen molar-refractivity contribution in [3.8, 4) is 5.75 Å². The molecule has 0 saturated heterocycles. The van der Waals surface area contributed by atoms with Crippen molar-refractivity contribution in [2.24, 2.45) is 5.10 Å². The van der Waals surface area contributed by atoms with Gasteiger partial charge in [0.2, 0.25) is 5.76 Å². The van der Waals surface area contributed by atoms with Crippen LogP contribution >= 0.6 is 0 Å². The maximum absolute atomic E-state index is 13.0. The molecule has 0 unspecified atom stereocenters. The minimum absolute atomic E-state index is 0.105. The molecule has 33 heavy (non-hydrogen) atoms. The average molecular weight is 456 g/mol. The molecule has 5 nitrogen and oxygen atoms in total. The molecule has 1 N–H and O–H groups in total. The van der Waals surface area contributed by atoms with Crippen molar-refractivity contribution < 1.29 is 27.1 Å². The van der Waals surface area contributed by atoms with Gasteiger partial charge in [0.15, 0.2) is 0 Å². The lowest BCUT2D eigenvalue weighted by Gasteiger charge is -2.14. The number of anilines is 1. The SMILES string of the molecule is CCc1ccc(OC(=O)c2oc3c(c2C)/C(=N/Nc2cccc(C(F)(F)F)c2)CCC3)cc1. The molecule has 0 spiro atoms. The first-order valence-corrected chi connectivity index (χ1v) is 10.7. The summed E-state index contributed by atoms with van der Waals surface area (Å²) in [6, 6.07) is 12.1. The molecule has 1 aliphatic rings. The van der Waals surface area contributed by atoms with Gasteiger partial charge in [0.05, 0.1) is 17.0 Å². The maximum atomic E-state index is 13.0. The van der Waals surface area contributed by atoms with E-state index in [1.807, 2.05) is 19.1 Å². The van der Waals surface area contributed by atoms with Crippen LogP contribution in [0.15, 0.2) is 58.0 Å². The Labute approximate surface area is 189 Å². The standard InChI is InChI=1S/C25H23F3N2O3/c1-3-16-10-12-19(13-11-16)32-24(31)23-15(2)22-20(8-5-9-21(22)33-23)30-29-18-7-4-6-17(14-18)25(26,27)28/h4,6-7,10-14,29H,3,5,8-9H2,1-2H3/b30-20+. The van der Waals surface area contributed by atoms with E-state index in [4.69, 9.17) is 9.15 Å². The third kappa shape index (κ3) is 4.94. The van der Waals surface area contributed by atoms with E-state index >= 15 is 0 Å². The molecular formula is C25H23F3N2O3. The van der Waals surface area contributed by atoms with Crippen molar-refractivity contribution in [3.63, 3.8) is 0 Å². The van der Waals surface area contributed by atoms with Gasteiger partial charge in [0, 0.05) is 17.5 Å². The van der Waals surface area contributed by atoms with Crippen LogP contribution in [0.25, 0.3) is 0 Å². The number of carbonyl (C=O) groups is 1. The third-order valence-electron chi connectivity index (χ3n) is 5.56. The minimum atomic E-state index is -4.43. The van der Waals surface area contributed by atoms with E-state index in [1.165, 1.54) is 12.1 Å². The molecule has 0 radical (unpaired) electrons. The molecule has 0 saturated carbocycles. The van der Waals surface area contributed by atoms with Crippen LogP contribution in [0.2, 0.25) is 0 Å². The Hall–Kier alpha value is -3.55. The number of benzene rings is 2. The zero-order valence-electron chi connectivity index (χ0n) is 18.3. The van der Waals surface area contributed by atoms with Crippen LogP contribution < -0.4 is 10.2 Å². The number of alkyl halides is 3. The summed E-state index contributed by atoms with van der Waals surface area (Å²) >= 11 is 0. The van der Waals surface area contributed by atoms with Crippen LogP contribution in [-0.2, 0) is 19.0 Å². The fourth-order valence-electron chi connectivity index (χ4n) is 3.82. The number of esters is 1. The number of nitrogens with one attached hydrogen (secondary N) is 1. The van der Waals surface area contributed by atoms with Crippen molar-refractivity contribution in [3.05, 3.63) is 82.3 Å². The summed E-state index contributed by atoms with van der Waals surface area (Å²) in [5.41, 5.74) is 5.24. The van der Waals surface area contributed by atoms with E-state index in [0.29, 0.717) is 41.2 Å². The predicted octanol–water partition coefficient (Wildman–Crippen LogP) is 6.54. The second kappa shape index (κ2) is 9.13. The van der Waals surface area contributed by atoms with Gasteiger partial charge in [0.25, 0.3) is 0 Å². The molecule has 8 heteroatoms. The van der Waals surface area contributed by atoms with E-state index in [1.54, 1.807) is 19.1 Å². The predicted molar refractivity (Wildman–Crippen MR) is 119 cm³/mol. The Morgan fingerprint density at radius 1 is 1.15 bits per heavy atom. The molecule has 0 amide bonds. The Kier molecular flexibility index (Phi) is 6.26. The number of halogens is 3. The molecule has 1 aromatic heterocycles. The van der Waals surface area contributed by atoms with Gasteiger partial charge in [-0.1, -0.05) is 25.1 Å². The number of nitrogens with zero attached hydrogens (tertiary/aromatic N) is 1. The molecule has 172 valence electrons. The summed E-state index contributed by atoms with van der Waals surface area (Å²) in [4.78, 5) is 12.7. The third-order valence-corrected chi connectivity index (χ3v) is 5.56. The number of rotatable bonds is 5. The summed E-state index contributed by atoms with van der Waals surface area (Å²) in [7, 11) is 0. The van der Waals surface area contributed by atoms with Gasteiger partial charge in [-0.05, 0) is 62.1 Å². The van der Waals surface area contributed by atoms with Crippen LogP contribution in [0.5, 0.6) is 5.75 Å². The number of aryl methyl sites for hydroxylation is 2. The number of hydrogen-bond acceptors (Lipinski definition) is 5. The zero-order valence-corrected chi connectivity index (χ0v) is 18.3. The van der Waals surface area contributed by atoms with E-state index < -0.39 is 17.7 Å². The van der Waals surface area contributed by atoms with Crippen LogP contribution in [0.3, 0.4) is 0 Å². The molecule has 1 heterocycles. The van der Waals surface area contributed by atoms with Gasteiger partial charge in [0.1, 0.15) is 11.5 Å². The average Bonchev–Trinajstić information content (AvgIpc) is 3.15. The molecule has 0 bridgehead atoms. The van der Waals surface area contributed by atoms with Crippen LogP contribution in [0.4, 0.5) is 18.9 Å². The fourth-order valence-corrected chi connectivity index (χ4v) is 3.82. The highest BCUT2D eigenvalue weighted by Gasteiger charge is 2.31. The molecule has 1 aliphatic carbocycles. The topological polar surface area (TPSA) is 63.8 Å². The largest absolute Gasteiger partial charge is 0.453 e. The van der Waals surface area contributed by atoms with E-state index in [9.17, 15) is 18.0 Å². The smallest absolute Gasteiger partial charge is 0.416 e. The van der Waals surface area contributed by atoms with Gasteiger partial charge >= 0.3 is 12.1 Å². The van der Waals surface area contributed by atoms with Gasteiger partial charge in [-0.2, -0.15) is 18.3 Å². The lowest BCUT2D eigenvalue weighted by molar-refractivity contribution is -0.137. The quantitative estimate of drug-likeness (QED) is 0.269. The van der Waals surface area contributed by atoms with Gasteiger partial charge < -0.3 is 9.15 Å². The van der Waals surface area contributed by atoms with Crippen LogP contribution in [0.1, 0.15) is 58.3 Å². The van der Waals surface area contributed by atoms with Crippen molar-refractivity contribution in [1.29, 1.82) is 0 Å². The van der Waals surface area contributed by atoms with E-state index in [0.717, 1.165) is 30.5 Å². The highest BCUT2D eigenvalue weighted by molar-refractivity contribution is 6.06. The first-order valence-electron chi connectivity index (χ1n) is 10.7. The number of hydrogen-bond donors (Lipinski definition) is 1. The Morgan fingerprint density at radius 3 is 2.61 bits per heavy atom. The highest BCUT2D eigenvalue weighted by atomic mass is 19.4. The normalized spacial score (nSPS) is 14.8. The van der Waals surface area contributed by atoms with Crippen LogP contribution in [-0.4, -0.2) is 11.7 Å². The van der Waals surface area contributed by atoms with Gasteiger partial charge in [-0.3, -0.25) is 5.43 Å². The number of hydrazone groups is 1. The minimum Gasteiger partial charge on any atom is -0.453 e. The number of fused-ring (bicyclic) bond motifs is 1. The highest BCUT2D eigenvalue weighted by Crippen LogP contribution is 2.32. The molecule has 0 atom stereocenters. The first kappa shape index (κ1) is 22.6. The fraction of sp³-hybridized carbons (Fsp3) is 0.280. The number of ether oxygens (including phenoxy) is 1. The summed E-state index contributed by atoms with van der Waals surface area (Å²) in [6.45, 7) is 3.79. The van der Waals surface area contributed by atoms with Crippen LogP contribution in [0, 0.1) is 6.92 Å². The van der Waals surface area contributed by atoms with Gasteiger partial charge in [-0.15, -0.1) is 0 Å². The van der Waals surface area contributed by atoms with Crippen molar-refractivity contribution in [2.45, 2.75) is 45.7 Å². The summed E-state index contributed by atoms with van der Waals surface area (Å²) in [5.74, 6) is 0.548. The van der Waals surface area contributed by atoms with Crippen molar-refractivity contribution >= 4 is 17.4 Å². The molecule has 0 aliphatic heterocycles.